The second-order valence-corrected chi connectivity index (χ2v) is 6.96. The summed E-state index contributed by atoms with van der Waals surface area (Å²) in [6.45, 7) is 2.07. The molecule has 0 aliphatic carbocycles. The lowest BCUT2D eigenvalue weighted by Crippen LogP contribution is -2.30. The maximum atomic E-state index is 6.46. The van der Waals surface area contributed by atoms with E-state index in [4.69, 9.17) is 10.7 Å². The van der Waals surface area contributed by atoms with Crippen molar-refractivity contribution in [2.45, 2.75) is 23.2 Å². The summed E-state index contributed by atoms with van der Waals surface area (Å²) in [5.74, 6) is 1.14. The van der Waals surface area contributed by atoms with E-state index in [2.05, 4.69) is 45.1 Å². The number of anilines is 1. The normalized spacial score (nSPS) is 18.1. The molecule has 0 bridgehead atoms. The van der Waals surface area contributed by atoms with Crippen LogP contribution in [0, 0.1) is 0 Å². The Labute approximate surface area is 154 Å². The quantitative estimate of drug-likeness (QED) is 0.491. The van der Waals surface area contributed by atoms with Gasteiger partial charge in [0.2, 0.25) is 0 Å². The largest absolute Gasteiger partial charge is 0.383 e. The molecule has 5 nitrogen and oxygen atoms in total. The standard InChI is InChI=1S/C18H20IN5/c19-9-14-16(13-7-4-8-21-10-13)23-18-15(11-22-24(18)17(14)20)12-5-2-1-3-6-12/h1-3,5-6,11,13,21H,4,7-10,20H2. The Kier molecular flexibility index (Phi) is 4.41. The highest BCUT2D eigenvalue weighted by molar-refractivity contribution is 14.1. The first-order valence-corrected chi connectivity index (χ1v) is 9.80. The third kappa shape index (κ3) is 2.67. The number of nitrogens with zero attached hydrogens (tertiary/aromatic N) is 3. The Morgan fingerprint density at radius 1 is 1.29 bits per heavy atom. The van der Waals surface area contributed by atoms with Crippen molar-refractivity contribution in [1.82, 2.24) is 19.9 Å². The minimum Gasteiger partial charge on any atom is -0.383 e. The fourth-order valence-electron chi connectivity index (χ4n) is 3.45. The van der Waals surface area contributed by atoms with Gasteiger partial charge in [-0.15, -0.1) is 0 Å². The lowest BCUT2D eigenvalue weighted by atomic mass is 9.93. The summed E-state index contributed by atoms with van der Waals surface area (Å²) in [6.07, 6.45) is 4.21. The number of nitrogens with one attached hydrogen (secondary N) is 1. The predicted octanol–water partition coefficient (Wildman–Crippen LogP) is 3.38. The number of fused-ring (bicyclic) bond motifs is 1. The van der Waals surface area contributed by atoms with Crippen LogP contribution in [-0.4, -0.2) is 27.7 Å². The SMILES string of the molecule is Nc1c(CI)c(C2CCCNC2)nc2c(-c3ccccc3)cnn12. The van der Waals surface area contributed by atoms with Crippen LogP contribution in [0.3, 0.4) is 0 Å². The Bertz CT molecular complexity index is 853. The van der Waals surface area contributed by atoms with E-state index in [0.29, 0.717) is 5.92 Å². The molecule has 2 aromatic heterocycles. The fourth-order valence-corrected chi connectivity index (χ4v) is 4.23. The highest BCUT2D eigenvalue weighted by Crippen LogP contribution is 2.33. The number of hydrogen-bond acceptors (Lipinski definition) is 4. The molecule has 3 N–H and O–H groups in total. The molecule has 3 aromatic rings. The van der Waals surface area contributed by atoms with Gasteiger partial charge in [-0.1, -0.05) is 52.9 Å². The van der Waals surface area contributed by atoms with Crippen LogP contribution >= 0.6 is 22.6 Å². The number of alkyl halides is 1. The van der Waals surface area contributed by atoms with Crippen LogP contribution in [-0.2, 0) is 4.43 Å². The summed E-state index contributed by atoms with van der Waals surface area (Å²) in [5.41, 5.74) is 11.7. The molecule has 24 heavy (non-hydrogen) atoms. The van der Waals surface area contributed by atoms with Gasteiger partial charge in [0.15, 0.2) is 5.65 Å². The number of benzene rings is 1. The summed E-state index contributed by atoms with van der Waals surface area (Å²) < 4.78 is 2.63. The van der Waals surface area contributed by atoms with Gasteiger partial charge in [0.1, 0.15) is 5.82 Å². The zero-order valence-corrected chi connectivity index (χ0v) is 15.5. The zero-order valence-electron chi connectivity index (χ0n) is 13.4. The van der Waals surface area contributed by atoms with E-state index in [-0.39, 0.29) is 0 Å². The van der Waals surface area contributed by atoms with Crippen LogP contribution in [0.5, 0.6) is 0 Å². The minimum atomic E-state index is 0.425. The van der Waals surface area contributed by atoms with Crippen LogP contribution in [0.15, 0.2) is 36.5 Å². The molecule has 0 radical (unpaired) electrons. The van der Waals surface area contributed by atoms with Crippen LogP contribution in [0.2, 0.25) is 0 Å². The molecule has 1 fully saturated rings. The van der Waals surface area contributed by atoms with Crippen molar-refractivity contribution in [3.63, 3.8) is 0 Å². The third-order valence-corrected chi connectivity index (χ3v) is 5.48. The predicted molar refractivity (Wildman–Crippen MR) is 105 cm³/mol. The first-order valence-electron chi connectivity index (χ1n) is 8.27. The van der Waals surface area contributed by atoms with Gasteiger partial charge in [-0.25, -0.2) is 4.98 Å². The Balaban J connectivity index is 1.92. The smallest absolute Gasteiger partial charge is 0.165 e. The molecule has 4 rings (SSSR count). The van der Waals surface area contributed by atoms with Gasteiger partial charge in [-0.3, -0.25) is 0 Å². The monoisotopic (exact) mass is 433 g/mol. The average Bonchev–Trinajstić information content (AvgIpc) is 3.07. The molecular weight excluding hydrogens is 413 g/mol. The Morgan fingerprint density at radius 2 is 2.12 bits per heavy atom. The van der Waals surface area contributed by atoms with Crippen molar-refractivity contribution in [2.24, 2.45) is 0 Å². The van der Waals surface area contributed by atoms with Crippen molar-refractivity contribution in [3.8, 4) is 11.1 Å². The van der Waals surface area contributed by atoms with Gasteiger partial charge in [0, 0.05) is 28.0 Å². The summed E-state index contributed by atoms with van der Waals surface area (Å²) in [7, 11) is 0. The maximum absolute atomic E-state index is 6.46. The number of hydrogen-bond donors (Lipinski definition) is 2. The molecule has 1 atom stereocenters. The van der Waals surface area contributed by atoms with Gasteiger partial charge in [-0.05, 0) is 24.9 Å². The Hall–Kier alpha value is -1.67. The van der Waals surface area contributed by atoms with Crippen molar-refractivity contribution < 1.29 is 0 Å². The number of nitrogen functional groups attached to an aromatic ring is 1. The Morgan fingerprint density at radius 3 is 2.83 bits per heavy atom. The molecule has 0 spiro atoms. The second kappa shape index (κ2) is 6.68. The summed E-state index contributed by atoms with van der Waals surface area (Å²) in [6, 6.07) is 10.3. The fraction of sp³-hybridized carbons (Fsp3) is 0.333. The van der Waals surface area contributed by atoms with E-state index in [1.54, 1.807) is 4.52 Å². The molecule has 1 aromatic carbocycles. The number of aromatic nitrogens is 3. The lowest BCUT2D eigenvalue weighted by molar-refractivity contribution is 0.453. The molecule has 1 aliphatic rings. The molecule has 0 saturated carbocycles. The lowest BCUT2D eigenvalue weighted by Gasteiger charge is -2.25. The maximum Gasteiger partial charge on any atom is 0.165 e. The second-order valence-electron chi connectivity index (χ2n) is 6.20. The van der Waals surface area contributed by atoms with Gasteiger partial charge in [0.05, 0.1) is 11.9 Å². The van der Waals surface area contributed by atoms with Crippen molar-refractivity contribution in [3.05, 3.63) is 47.8 Å². The minimum absolute atomic E-state index is 0.425. The number of rotatable bonds is 3. The van der Waals surface area contributed by atoms with Gasteiger partial charge in [-0.2, -0.15) is 9.61 Å². The third-order valence-electron chi connectivity index (χ3n) is 4.72. The highest BCUT2D eigenvalue weighted by Gasteiger charge is 2.24. The summed E-state index contributed by atoms with van der Waals surface area (Å²) >= 11 is 2.37. The average molecular weight is 433 g/mol. The molecule has 1 aliphatic heterocycles. The molecule has 3 heterocycles. The molecule has 1 unspecified atom stereocenters. The van der Waals surface area contributed by atoms with E-state index in [1.807, 2.05) is 24.4 Å². The molecule has 1 saturated heterocycles. The van der Waals surface area contributed by atoms with E-state index in [0.717, 1.165) is 57.8 Å². The van der Waals surface area contributed by atoms with Gasteiger partial charge < -0.3 is 11.1 Å². The molecule has 124 valence electrons. The zero-order chi connectivity index (χ0) is 16.5. The van der Waals surface area contributed by atoms with E-state index in [1.165, 1.54) is 6.42 Å². The van der Waals surface area contributed by atoms with Crippen molar-refractivity contribution in [1.29, 1.82) is 0 Å². The van der Waals surface area contributed by atoms with E-state index >= 15 is 0 Å². The summed E-state index contributed by atoms with van der Waals surface area (Å²) in [5, 5.41) is 7.99. The van der Waals surface area contributed by atoms with Crippen LogP contribution in [0.25, 0.3) is 16.8 Å². The van der Waals surface area contributed by atoms with Gasteiger partial charge >= 0.3 is 0 Å². The van der Waals surface area contributed by atoms with Crippen molar-refractivity contribution in [2.75, 3.05) is 18.8 Å². The first-order chi connectivity index (χ1) is 11.8. The van der Waals surface area contributed by atoms with Crippen LogP contribution in [0.4, 0.5) is 5.82 Å². The molecule has 6 heteroatoms. The first kappa shape index (κ1) is 15.8. The van der Waals surface area contributed by atoms with Gasteiger partial charge in [0.25, 0.3) is 0 Å². The highest BCUT2D eigenvalue weighted by atomic mass is 127. The number of halogens is 1. The van der Waals surface area contributed by atoms with Crippen LogP contribution < -0.4 is 11.1 Å². The van der Waals surface area contributed by atoms with Crippen LogP contribution in [0.1, 0.15) is 30.0 Å². The molecule has 0 amide bonds. The van der Waals surface area contributed by atoms with E-state index in [9.17, 15) is 0 Å². The van der Waals surface area contributed by atoms with E-state index < -0.39 is 0 Å². The number of nitrogens with two attached hydrogens (primary N) is 1. The number of piperidine rings is 1. The topological polar surface area (TPSA) is 68.2 Å². The van der Waals surface area contributed by atoms with Crippen molar-refractivity contribution >= 4 is 34.1 Å². The molecular formula is C18H20IN5. The summed E-state index contributed by atoms with van der Waals surface area (Å²) in [4.78, 5) is 5.04.